The second kappa shape index (κ2) is 11.6. The lowest BCUT2D eigenvalue weighted by atomic mass is 10.0. The van der Waals surface area contributed by atoms with Crippen molar-refractivity contribution in [2.24, 2.45) is 0 Å². The number of carbonyl (C=O) groups excluding carboxylic acids is 1. The third-order valence-electron chi connectivity index (χ3n) is 5.33. The minimum Gasteiger partial charge on any atom is -0.497 e. The highest BCUT2D eigenvalue weighted by Crippen LogP contribution is 2.26. The van der Waals surface area contributed by atoms with Crippen LogP contribution in [0.25, 0.3) is 5.69 Å². The third-order valence-corrected chi connectivity index (χ3v) is 6.26. The second-order valence-corrected chi connectivity index (χ2v) is 9.06. The van der Waals surface area contributed by atoms with Crippen molar-refractivity contribution in [3.8, 4) is 17.2 Å². The Hall–Kier alpha value is -3.78. The Morgan fingerprint density at radius 3 is 2.37 bits per heavy atom. The molecule has 0 aliphatic rings. The van der Waals surface area contributed by atoms with E-state index in [0.717, 1.165) is 28.4 Å². The molecule has 0 saturated carbocycles. The molecule has 0 spiro atoms. The highest BCUT2D eigenvalue weighted by molar-refractivity contribution is 7.99. The van der Waals surface area contributed by atoms with E-state index in [2.05, 4.69) is 29.4 Å². The van der Waals surface area contributed by atoms with Crippen LogP contribution in [-0.2, 0) is 11.4 Å². The van der Waals surface area contributed by atoms with Crippen molar-refractivity contribution < 1.29 is 14.3 Å². The first kappa shape index (κ1) is 24.3. The zero-order valence-electron chi connectivity index (χ0n) is 20.0. The lowest BCUT2D eigenvalue weighted by Crippen LogP contribution is -2.16. The van der Waals surface area contributed by atoms with Gasteiger partial charge in [0.05, 0.1) is 12.9 Å². The van der Waals surface area contributed by atoms with Gasteiger partial charge in [-0.3, -0.25) is 9.36 Å². The molecular weight excluding hydrogens is 460 g/mol. The van der Waals surface area contributed by atoms with Crippen LogP contribution in [0.3, 0.4) is 0 Å². The van der Waals surface area contributed by atoms with Gasteiger partial charge in [0.15, 0.2) is 11.0 Å². The van der Waals surface area contributed by atoms with Crippen LogP contribution in [0.4, 0.5) is 5.69 Å². The third kappa shape index (κ3) is 6.22. The van der Waals surface area contributed by atoms with Gasteiger partial charge in [0, 0.05) is 11.4 Å². The number of hydrogen-bond acceptors (Lipinski definition) is 6. The average molecular weight is 489 g/mol. The zero-order chi connectivity index (χ0) is 24.6. The number of methoxy groups -OCH3 is 1. The van der Waals surface area contributed by atoms with Crippen molar-refractivity contribution in [1.82, 2.24) is 14.8 Å². The molecule has 8 heteroatoms. The number of carbonyl (C=O) groups is 1. The fourth-order valence-corrected chi connectivity index (χ4v) is 4.34. The molecule has 35 heavy (non-hydrogen) atoms. The molecule has 1 amide bonds. The molecule has 1 heterocycles. The van der Waals surface area contributed by atoms with Crippen molar-refractivity contribution in [1.29, 1.82) is 0 Å². The summed E-state index contributed by atoms with van der Waals surface area (Å²) in [5.41, 5.74) is 2.80. The largest absolute Gasteiger partial charge is 0.497 e. The average Bonchev–Trinajstić information content (AvgIpc) is 3.30. The molecule has 0 fully saturated rings. The quantitative estimate of drug-likeness (QED) is 0.288. The first-order valence-electron chi connectivity index (χ1n) is 11.3. The number of rotatable bonds is 10. The Morgan fingerprint density at radius 2 is 1.66 bits per heavy atom. The van der Waals surface area contributed by atoms with E-state index in [1.807, 2.05) is 83.4 Å². The Labute approximate surface area is 209 Å². The maximum Gasteiger partial charge on any atom is 0.234 e. The summed E-state index contributed by atoms with van der Waals surface area (Å²) < 4.78 is 13.1. The van der Waals surface area contributed by atoms with Crippen LogP contribution in [0.5, 0.6) is 11.5 Å². The number of nitrogens with one attached hydrogen (secondary N) is 1. The second-order valence-electron chi connectivity index (χ2n) is 8.11. The Balaban J connectivity index is 1.52. The summed E-state index contributed by atoms with van der Waals surface area (Å²) in [6.45, 7) is 4.45. The predicted molar refractivity (Wildman–Crippen MR) is 139 cm³/mol. The van der Waals surface area contributed by atoms with Crippen LogP contribution in [0.15, 0.2) is 84.0 Å². The summed E-state index contributed by atoms with van der Waals surface area (Å²) in [5.74, 6) is 2.53. The number of thioether (sulfide) groups is 1. The summed E-state index contributed by atoms with van der Waals surface area (Å²) in [5, 5.41) is 12.3. The van der Waals surface area contributed by atoms with Crippen LogP contribution < -0.4 is 14.8 Å². The lowest BCUT2D eigenvalue weighted by molar-refractivity contribution is -0.113. The molecule has 1 N–H and O–H groups in total. The molecule has 4 aromatic rings. The van der Waals surface area contributed by atoms with E-state index in [0.29, 0.717) is 16.9 Å². The fourth-order valence-electron chi connectivity index (χ4n) is 3.57. The SMILES string of the molecule is COc1ccc(-n2c(COc3ccccc3)nnc2SCC(=O)Nc2ccccc2C(C)C)cc1. The number of aromatic nitrogens is 3. The van der Waals surface area contributed by atoms with E-state index in [9.17, 15) is 4.79 Å². The van der Waals surface area contributed by atoms with Crippen molar-refractivity contribution in [2.75, 3.05) is 18.2 Å². The molecule has 0 bridgehead atoms. The van der Waals surface area contributed by atoms with Gasteiger partial charge in [-0.2, -0.15) is 0 Å². The van der Waals surface area contributed by atoms with E-state index in [4.69, 9.17) is 9.47 Å². The van der Waals surface area contributed by atoms with Crippen molar-refractivity contribution in [3.05, 3.63) is 90.3 Å². The van der Waals surface area contributed by atoms with E-state index >= 15 is 0 Å². The topological polar surface area (TPSA) is 78.3 Å². The van der Waals surface area contributed by atoms with Crippen LogP contribution in [0.1, 0.15) is 31.2 Å². The molecule has 7 nitrogen and oxygen atoms in total. The highest BCUT2D eigenvalue weighted by atomic mass is 32.2. The fraction of sp³-hybridized carbons (Fsp3) is 0.222. The molecule has 3 aromatic carbocycles. The predicted octanol–water partition coefficient (Wildman–Crippen LogP) is 5.71. The number of benzene rings is 3. The van der Waals surface area contributed by atoms with Gasteiger partial charge >= 0.3 is 0 Å². The summed E-state index contributed by atoms with van der Waals surface area (Å²) in [4.78, 5) is 12.8. The molecule has 0 saturated heterocycles. The molecule has 4 rings (SSSR count). The molecular formula is C27H28N4O3S. The first-order valence-corrected chi connectivity index (χ1v) is 12.3. The minimum atomic E-state index is -0.102. The molecule has 0 aliphatic carbocycles. The van der Waals surface area contributed by atoms with Gasteiger partial charge in [0.25, 0.3) is 0 Å². The molecule has 180 valence electrons. The summed E-state index contributed by atoms with van der Waals surface area (Å²) >= 11 is 1.33. The smallest absolute Gasteiger partial charge is 0.234 e. The van der Waals surface area contributed by atoms with Crippen molar-refractivity contribution >= 4 is 23.4 Å². The van der Waals surface area contributed by atoms with E-state index in [1.54, 1.807) is 7.11 Å². The molecule has 1 aromatic heterocycles. The van der Waals surface area contributed by atoms with Gasteiger partial charge < -0.3 is 14.8 Å². The Kier molecular flexibility index (Phi) is 8.05. The molecule has 0 radical (unpaired) electrons. The van der Waals surface area contributed by atoms with Crippen LogP contribution in [0, 0.1) is 0 Å². The normalized spacial score (nSPS) is 10.9. The van der Waals surface area contributed by atoms with Crippen LogP contribution in [-0.4, -0.2) is 33.5 Å². The van der Waals surface area contributed by atoms with Crippen molar-refractivity contribution in [2.45, 2.75) is 31.5 Å². The lowest BCUT2D eigenvalue weighted by Gasteiger charge is -2.14. The number of amides is 1. The van der Waals surface area contributed by atoms with E-state index in [1.165, 1.54) is 11.8 Å². The summed E-state index contributed by atoms with van der Waals surface area (Å²) in [7, 11) is 1.63. The number of nitrogens with zero attached hydrogens (tertiary/aromatic N) is 3. The number of anilines is 1. The van der Waals surface area contributed by atoms with E-state index in [-0.39, 0.29) is 18.3 Å². The standard InChI is InChI=1S/C27H28N4O3S/c1-19(2)23-11-7-8-12-24(23)28-26(32)18-35-27-30-29-25(17-34-22-9-5-4-6-10-22)31(27)20-13-15-21(33-3)16-14-20/h4-16,19H,17-18H2,1-3H3,(H,28,32). The van der Waals surface area contributed by atoms with E-state index < -0.39 is 0 Å². The van der Waals surface area contributed by atoms with Gasteiger partial charge in [-0.05, 0) is 53.9 Å². The van der Waals surface area contributed by atoms with Crippen LogP contribution >= 0.6 is 11.8 Å². The summed E-state index contributed by atoms with van der Waals surface area (Å²) in [6.07, 6.45) is 0. The minimum absolute atomic E-state index is 0.102. The Morgan fingerprint density at radius 1 is 0.943 bits per heavy atom. The van der Waals surface area contributed by atoms with Gasteiger partial charge in [-0.25, -0.2) is 0 Å². The molecule has 0 atom stereocenters. The van der Waals surface area contributed by atoms with Crippen LogP contribution in [0.2, 0.25) is 0 Å². The number of ether oxygens (including phenoxy) is 2. The maximum atomic E-state index is 12.8. The maximum absolute atomic E-state index is 12.8. The van der Waals surface area contributed by atoms with Gasteiger partial charge in [-0.1, -0.05) is 62.0 Å². The van der Waals surface area contributed by atoms with Gasteiger partial charge in [0.1, 0.15) is 18.1 Å². The highest BCUT2D eigenvalue weighted by Gasteiger charge is 2.17. The van der Waals surface area contributed by atoms with Gasteiger partial charge in [0.2, 0.25) is 5.91 Å². The number of hydrogen-bond donors (Lipinski definition) is 1. The van der Waals surface area contributed by atoms with Gasteiger partial charge in [-0.15, -0.1) is 10.2 Å². The molecule has 0 unspecified atom stereocenters. The monoisotopic (exact) mass is 488 g/mol. The first-order chi connectivity index (χ1) is 17.0. The Bertz CT molecular complexity index is 1260. The zero-order valence-corrected chi connectivity index (χ0v) is 20.8. The summed E-state index contributed by atoms with van der Waals surface area (Å²) in [6, 6.07) is 25.0. The van der Waals surface area contributed by atoms with Crippen molar-refractivity contribution in [3.63, 3.8) is 0 Å². The molecule has 0 aliphatic heterocycles. The number of para-hydroxylation sites is 2.